The summed E-state index contributed by atoms with van der Waals surface area (Å²) < 4.78 is 11.7. The number of rotatable bonds is 13. The van der Waals surface area contributed by atoms with Gasteiger partial charge in [0.05, 0.1) is 44.2 Å². The van der Waals surface area contributed by atoms with E-state index in [0.29, 0.717) is 37.4 Å². The van der Waals surface area contributed by atoms with Gasteiger partial charge < -0.3 is 24.6 Å². The van der Waals surface area contributed by atoms with E-state index in [4.69, 9.17) is 9.47 Å². The van der Waals surface area contributed by atoms with E-state index in [1.165, 1.54) is 0 Å². The molecule has 0 bridgehead atoms. The van der Waals surface area contributed by atoms with E-state index in [1.54, 1.807) is 29.4 Å². The molecular formula is C33H39N3O6. The first-order valence-corrected chi connectivity index (χ1v) is 14.7. The molecule has 9 nitrogen and oxygen atoms in total. The number of hydrogen-bond donors (Lipinski definition) is 2. The second-order valence-corrected chi connectivity index (χ2v) is 10.9. The zero-order valence-corrected chi connectivity index (χ0v) is 24.0. The summed E-state index contributed by atoms with van der Waals surface area (Å²) in [6, 6.07) is 16.5. The van der Waals surface area contributed by atoms with E-state index in [1.807, 2.05) is 41.3 Å². The highest BCUT2D eigenvalue weighted by Gasteiger charge is 2.47. The fraction of sp³-hybridized carbons (Fsp3) is 0.424. The number of carbonyl (C=O) groups excluding carboxylic acids is 1. The number of aliphatic hydroxyl groups is 1. The van der Waals surface area contributed by atoms with Crippen LogP contribution in [0.1, 0.15) is 48.8 Å². The SMILES string of the molecule is CCCCN(C(=O)CN1C[C@H](c2ccc3c(c2)CCO3)[C@@H](C(=O)O)[C@@H]1CCOc1ccccc1CO)c1cccnc1. The minimum Gasteiger partial charge on any atom is -0.493 e. The van der Waals surface area contributed by atoms with Gasteiger partial charge in [-0.3, -0.25) is 19.5 Å². The van der Waals surface area contributed by atoms with Crippen molar-refractivity contribution in [3.8, 4) is 11.5 Å². The smallest absolute Gasteiger partial charge is 0.308 e. The first kappa shape index (κ1) is 29.5. The molecule has 1 amide bonds. The Morgan fingerprint density at radius 1 is 1.17 bits per heavy atom. The molecule has 3 aromatic rings. The van der Waals surface area contributed by atoms with Crippen LogP contribution < -0.4 is 14.4 Å². The lowest BCUT2D eigenvalue weighted by Gasteiger charge is -2.29. The third-order valence-corrected chi connectivity index (χ3v) is 8.32. The third-order valence-electron chi connectivity index (χ3n) is 8.32. The molecule has 0 saturated carbocycles. The van der Waals surface area contributed by atoms with Gasteiger partial charge in [0.2, 0.25) is 5.91 Å². The van der Waals surface area contributed by atoms with Crippen LogP contribution in [0.25, 0.3) is 0 Å². The van der Waals surface area contributed by atoms with Gasteiger partial charge in [-0.1, -0.05) is 43.7 Å². The van der Waals surface area contributed by atoms with Crippen molar-refractivity contribution in [3.05, 3.63) is 83.7 Å². The third kappa shape index (κ3) is 6.58. The van der Waals surface area contributed by atoms with Crippen molar-refractivity contribution in [2.45, 2.75) is 51.2 Å². The fourth-order valence-corrected chi connectivity index (χ4v) is 6.18. The van der Waals surface area contributed by atoms with E-state index in [-0.39, 0.29) is 31.6 Å². The summed E-state index contributed by atoms with van der Waals surface area (Å²) >= 11 is 0. The number of anilines is 1. The summed E-state index contributed by atoms with van der Waals surface area (Å²) in [4.78, 5) is 34.7. The average Bonchev–Trinajstić information content (AvgIpc) is 3.62. The summed E-state index contributed by atoms with van der Waals surface area (Å²) in [6.07, 6.45) is 6.37. The molecule has 2 aliphatic heterocycles. The van der Waals surface area contributed by atoms with Crippen molar-refractivity contribution in [3.63, 3.8) is 0 Å². The number of hydrogen-bond acceptors (Lipinski definition) is 7. The van der Waals surface area contributed by atoms with Crippen LogP contribution in [0, 0.1) is 5.92 Å². The van der Waals surface area contributed by atoms with E-state index in [2.05, 4.69) is 18.0 Å². The second-order valence-electron chi connectivity index (χ2n) is 10.9. The average molecular weight is 574 g/mol. The highest BCUT2D eigenvalue weighted by molar-refractivity contribution is 5.94. The van der Waals surface area contributed by atoms with E-state index >= 15 is 0 Å². The first-order valence-electron chi connectivity index (χ1n) is 14.7. The summed E-state index contributed by atoms with van der Waals surface area (Å²) in [5, 5.41) is 20.2. The van der Waals surface area contributed by atoms with Crippen LogP contribution >= 0.6 is 0 Å². The highest BCUT2D eigenvalue weighted by Crippen LogP contribution is 2.41. The van der Waals surface area contributed by atoms with E-state index in [0.717, 1.165) is 41.8 Å². The van der Waals surface area contributed by atoms with Crippen molar-refractivity contribution < 1.29 is 29.3 Å². The number of aliphatic hydroxyl groups excluding tert-OH is 1. The number of fused-ring (bicyclic) bond motifs is 1. The number of carboxylic acids is 1. The monoisotopic (exact) mass is 573 g/mol. The number of pyridine rings is 1. The first-order chi connectivity index (χ1) is 20.5. The number of nitrogens with zero attached hydrogens (tertiary/aromatic N) is 3. The maximum atomic E-state index is 13.8. The molecule has 5 rings (SSSR count). The Morgan fingerprint density at radius 2 is 2.02 bits per heavy atom. The van der Waals surface area contributed by atoms with Crippen LogP contribution in [0.4, 0.5) is 5.69 Å². The Kier molecular flexibility index (Phi) is 9.71. The summed E-state index contributed by atoms with van der Waals surface area (Å²) in [7, 11) is 0. The number of carbonyl (C=O) groups is 2. The van der Waals surface area contributed by atoms with E-state index < -0.39 is 17.9 Å². The molecular weight excluding hydrogens is 534 g/mol. The Balaban J connectivity index is 1.41. The van der Waals surface area contributed by atoms with Crippen molar-refractivity contribution in [2.75, 3.05) is 37.7 Å². The Hall–Kier alpha value is -3.95. The fourth-order valence-electron chi connectivity index (χ4n) is 6.18. The van der Waals surface area contributed by atoms with Gasteiger partial charge in [-0.15, -0.1) is 0 Å². The molecule has 0 aliphatic carbocycles. The largest absolute Gasteiger partial charge is 0.493 e. The van der Waals surface area contributed by atoms with Gasteiger partial charge in [0.25, 0.3) is 0 Å². The Morgan fingerprint density at radius 3 is 2.79 bits per heavy atom. The number of aromatic nitrogens is 1. The van der Waals surface area contributed by atoms with Crippen LogP contribution in [0.15, 0.2) is 67.0 Å². The minimum atomic E-state index is -0.887. The quantitative estimate of drug-likeness (QED) is 0.312. The molecule has 3 heterocycles. The predicted molar refractivity (Wildman–Crippen MR) is 159 cm³/mol. The lowest BCUT2D eigenvalue weighted by atomic mass is 9.83. The Labute approximate surface area is 246 Å². The maximum Gasteiger partial charge on any atom is 0.308 e. The number of benzene rings is 2. The van der Waals surface area contributed by atoms with Gasteiger partial charge >= 0.3 is 5.97 Å². The van der Waals surface area contributed by atoms with Crippen molar-refractivity contribution in [1.82, 2.24) is 9.88 Å². The van der Waals surface area contributed by atoms with Crippen LogP contribution in [-0.4, -0.2) is 70.9 Å². The predicted octanol–water partition coefficient (Wildman–Crippen LogP) is 4.28. The van der Waals surface area contributed by atoms with Crippen LogP contribution in [0.2, 0.25) is 0 Å². The van der Waals surface area contributed by atoms with Crippen molar-refractivity contribution in [1.29, 1.82) is 0 Å². The molecule has 1 saturated heterocycles. The van der Waals surface area contributed by atoms with Gasteiger partial charge in [0, 0.05) is 43.2 Å². The number of amides is 1. The maximum absolute atomic E-state index is 13.8. The molecule has 0 unspecified atom stereocenters. The molecule has 9 heteroatoms. The van der Waals surface area contributed by atoms with Crippen LogP contribution in [0.5, 0.6) is 11.5 Å². The van der Waals surface area contributed by atoms with Crippen LogP contribution in [-0.2, 0) is 22.6 Å². The summed E-state index contributed by atoms with van der Waals surface area (Å²) in [5.41, 5.74) is 3.45. The second kappa shape index (κ2) is 13.8. The lowest BCUT2D eigenvalue weighted by Crippen LogP contribution is -2.45. The minimum absolute atomic E-state index is 0.0832. The zero-order chi connectivity index (χ0) is 29.5. The molecule has 222 valence electrons. The molecule has 0 spiro atoms. The van der Waals surface area contributed by atoms with Crippen molar-refractivity contribution in [2.24, 2.45) is 5.92 Å². The zero-order valence-electron chi connectivity index (χ0n) is 24.0. The van der Waals surface area contributed by atoms with Gasteiger partial charge in [-0.25, -0.2) is 0 Å². The van der Waals surface area contributed by atoms with Gasteiger partial charge in [-0.05, 0) is 48.2 Å². The van der Waals surface area contributed by atoms with Crippen LogP contribution in [0.3, 0.4) is 0 Å². The molecule has 2 aromatic carbocycles. The normalized spacial score (nSPS) is 19.7. The summed E-state index contributed by atoms with van der Waals surface area (Å²) in [6.45, 7) is 3.91. The number of likely N-dealkylation sites (tertiary alicyclic amines) is 1. The number of carboxylic acid groups (broad SMARTS) is 1. The standard InChI is InChI=1S/C33H39N3O6/c1-2-3-15-36(26-8-6-14-34-19-26)31(38)21-35-20-27(23-10-11-30-24(18-23)12-16-41-30)32(33(39)40)28(35)13-17-42-29-9-5-4-7-25(29)22-37/h4-11,14,18-19,27-28,32,37H,2-3,12-13,15-17,20-22H2,1H3,(H,39,40)/t27-,28+,32-/m1/s1. The molecule has 2 N–H and O–H groups in total. The molecule has 2 aliphatic rings. The molecule has 42 heavy (non-hydrogen) atoms. The van der Waals surface area contributed by atoms with E-state index in [9.17, 15) is 19.8 Å². The molecule has 3 atom stereocenters. The van der Waals surface area contributed by atoms with Gasteiger partial charge in [-0.2, -0.15) is 0 Å². The highest BCUT2D eigenvalue weighted by atomic mass is 16.5. The number of ether oxygens (including phenoxy) is 2. The number of unbranched alkanes of at least 4 members (excludes halogenated alkanes) is 1. The lowest BCUT2D eigenvalue weighted by molar-refractivity contribution is -0.143. The van der Waals surface area contributed by atoms with Gasteiger partial charge in [0.1, 0.15) is 11.5 Å². The van der Waals surface area contributed by atoms with Crippen molar-refractivity contribution >= 4 is 17.6 Å². The number of aliphatic carboxylic acids is 1. The molecule has 1 fully saturated rings. The summed E-state index contributed by atoms with van der Waals surface area (Å²) in [5.74, 6) is -0.561. The molecule has 1 aromatic heterocycles. The molecule has 0 radical (unpaired) electrons. The Bertz CT molecular complexity index is 1370. The number of para-hydroxylation sites is 1. The topological polar surface area (TPSA) is 112 Å². The van der Waals surface area contributed by atoms with Gasteiger partial charge in [0.15, 0.2) is 0 Å².